The normalized spacial score (nSPS) is 26.1. The molecule has 1 fully saturated rings. The van der Waals surface area contributed by atoms with Gasteiger partial charge in [0.15, 0.2) is 11.6 Å². The third-order valence-electron chi connectivity index (χ3n) is 7.35. The summed E-state index contributed by atoms with van der Waals surface area (Å²) in [5.41, 5.74) is 1.70. The van der Waals surface area contributed by atoms with Crippen molar-refractivity contribution in [1.29, 1.82) is 0 Å². The molecule has 6 rings (SSSR count). The lowest BCUT2D eigenvalue weighted by Crippen LogP contribution is -2.51. The van der Waals surface area contributed by atoms with E-state index in [1.807, 2.05) is 41.3 Å². The van der Waals surface area contributed by atoms with Crippen LogP contribution in [0.5, 0.6) is 0 Å². The van der Waals surface area contributed by atoms with Crippen LogP contribution in [0.3, 0.4) is 0 Å². The number of hydrogen-bond acceptors (Lipinski definition) is 4. The number of rotatable bonds is 3. The highest BCUT2D eigenvalue weighted by molar-refractivity contribution is 6.16. The second-order valence-electron chi connectivity index (χ2n) is 9.05. The van der Waals surface area contributed by atoms with E-state index >= 15 is 0 Å². The zero-order chi connectivity index (χ0) is 23.6. The molecule has 3 aromatic rings. The summed E-state index contributed by atoms with van der Waals surface area (Å²) < 4.78 is 14.0. The first-order chi connectivity index (χ1) is 16.4. The molecule has 34 heavy (non-hydrogen) atoms. The van der Waals surface area contributed by atoms with Gasteiger partial charge in [0.1, 0.15) is 11.2 Å². The summed E-state index contributed by atoms with van der Waals surface area (Å²) in [7, 11) is 0. The van der Waals surface area contributed by atoms with Gasteiger partial charge in [-0.25, -0.2) is 4.39 Å². The molecule has 3 aliphatic heterocycles. The van der Waals surface area contributed by atoms with Gasteiger partial charge in [-0.05, 0) is 36.8 Å². The molecule has 0 radical (unpaired) electrons. The Morgan fingerprint density at radius 1 is 1.00 bits per heavy atom. The van der Waals surface area contributed by atoms with Crippen LogP contribution in [-0.4, -0.2) is 29.6 Å². The topological polar surface area (TPSA) is 66.5 Å². The van der Waals surface area contributed by atoms with E-state index in [-0.39, 0.29) is 17.5 Å². The van der Waals surface area contributed by atoms with Crippen LogP contribution >= 0.6 is 0 Å². The zero-order valence-corrected chi connectivity index (χ0v) is 18.4. The second kappa shape index (κ2) is 7.22. The van der Waals surface area contributed by atoms with Crippen molar-refractivity contribution in [3.63, 3.8) is 0 Å². The number of ketones is 2. The van der Waals surface area contributed by atoms with Crippen molar-refractivity contribution < 1.29 is 18.8 Å². The summed E-state index contributed by atoms with van der Waals surface area (Å²) in [5.74, 6) is -2.16. The molecule has 3 aliphatic rings. The summed E-state index contributed by atoms with van der Waals surface area (Å²) in [6.07, 6.45) is 3.61. The molecule has 0 bridgehead atoms. The van der Waals surface area contributed by atoms with Crippen molar-refractivity contribution in [1.82, 2.24) is 0 Å². The lowest BCUT2D eigenvalue weighted by atomic mass is 9.64. The van der Waals surface area contributed by atoms with E-state index in [2.05, 4.69) is 5.32 Å². The van der Waals surface area contributed by atoms with E-state index in [4.69, 9.17) is 0 Å². The smallest absolute Gasteiger partial charge is 0.238 e. The number of Topliss-reactive ketones (excluding diaryl/α,β-unsaturated/α-hetero) is 2. The Labute approximate surface area is 195 Å². The van der Waals surface area contributed by atoms with Crippen molar-refractivity contribution in [3.8, 4) is 0 Å². The Morgan fingerprint density at radius 3 is 2.50 bits per heavy atom. The molecule has 1 spiro atoms. The van der Waals surface area contributed by atoms with Crippen LogP contribution in [0.15, 0.2) is 78.9 Å². The summed E-state index contributed by atoms with van der Waals surface area (Å²) >= 11 is 0. The van der Waals surface area contributed by atoms with Crippen LogP contribution in [0.4, 0.5) is 15.8 Å². The fraction of sp³-hybridized carbons (Fsp3) is 0.179. The number of amides is 1. The van der Waals surface area contributed by atoms with Gasteiger partial charge in [-0.2, -0.15) is 0 Å². The number of benzene rings is 3. The molecular formula is C28H21FN2O3. The van der Waals surface area contributed by atoms with Crippen molar-refractivity contribution in [2.24, 2.45) is 5.92 Å². The summed E-state index contributed by atoms with van der Waals surface area (Å²) in [6.45, 7) is 1.45. The van der Waals surface area contributed by atoms with Crippen LogP contribution in [0.1, 0.15) is 28.4 Å². The van der Waals surface area contributed by atoms with Gasteiger partial charge in [-0.3, -0.25) is 14.4 Å². The molecule has 3 heterocycles. The number of hydrogen-bond donors (Lipinski definition) is 1. The van der Waals surface area contributed by atoms with Crippen molar-refractivity contribution >= 4 is 34.9 Å². The third kappa shape index (κ3) is 2.56. The van der Waals surface area contributed by atoms with Gasteiger partial charge in [0.25, 0.3) is 0 Å². The number of fused-ring (bicyclic) bond motifs is 6. The largest absolute Gasteiger partial charge is 0.352 e. The first-order valence-corrected chi connectivity index (χ1v) is 11.2. The molecule has 0 saturated carbocycles. The quantitative estimate of drug-likeness (QED) is 0.599. The molecule has 6 heteroatoms. The van der Waals surface area contributed by atoms with Crippen LogP contribution in [0.25, 0.3) is 6.08 Å². The second-order valence-corrected chi connectivity index (χ2v) is 9.05. The van der Waals surface area contributed by atoms with Gasteiger partial charge in [0.2, 0.25) is 5.91 Å². The van der Waals surface area contributed by atoms with Gasteiger partial charge in [-0.1, -0.05) is 60.7 Å². The minimum atomic E-state index is -1.32. The van der Waals surface area contributed by atoms with E-state index in [1.165, 1.54) is 19.1 Å². The maximum absolute atomic E-state index is 14.1. The van der Waals surface area contributed by atoms with E-state index in [0.29, 0.717) is 28.1 Å². The van der Waals surface area contributed by atoms with Gasteiger partial charge < -0.3 is 10.2 Å². The standard InChI is InChI=1S/C28H21FN2O3/c1-16(32)25-24(26(33)17-7-3-2-4-8-17)28(20-9-5-6-10-21(20)30-27(28)34)23-14-11-18-15-19(29)12-13-22(18)31(23)25/h2-15,23-25H,1H3,(H,30,34)/t23-,24+,25-,28-/m1/s1. The van der Waals surface area contributed by atoms with Crippen LogP contribution < -0.4 is 10.2 Å². The van der Waals surface area contributed by atoms with Crippen LogP contribution in [-0.2, 0) is 15.0 Å². The molecular weight excluding hydrogens is 431 g/mol. The fourth-order valence-electron chi connectivity index (χ4n) is 6.09. The summed E-state index contributed by atoms with van der Waals surface area (Å²) in [4.78, 5) is 43.2. The Hall–Kier alpha value is -4.06. The lowest BCUT2D eigenvalue weighted by Gasteiger charge is -2.37. The Bertz CT molecular complexity index is 1400. The molecule has 1 saturated heterocycles. The van der Waals surface area contributed by atoms with Gasteiger partial charge in [0.05, 0.1) is 18.0 Å². The minimum Gasteiger partial charge on any atom is -0.352 e. The Balaban J connectivity index is 1.67. The molecule has 0 aliphatic carbocycles. The molecule has 0 unspecified atom stereocenters. The number of nitrogens with zero attached hydrogens (tertiary/aromatic N) is 1. The average Bonchev–Trinajstić information content (AvgIpc) is 3.32. The predicted octanol–water partition coefficient (Wildman–Crippen LogP) is 4.39. The van der Waals surface area contributed by atoms with E-state index in [0.717, 1.165) is 0 Å². The fourth-order valence-corrected chi connectivity index (χ4v) is 6.09. The molecule has 0 aromatic heterocycles. The monoisotopic (exact) mass is 452 g/mol. The number of halogens is 1. The van der Waals surface area contributed by atoms with Crippen molar-refractivity contribution in [2.75, 3.05) is 10.2 Å². The molecule has 1 amide bonds. The first-order valence-electron chi connectivity index (χ1n) is 11.2. The van der Waals surface area contributed by atoms with E-state index < -0.39 is 29.2 Å². The maximum Gasteiger partial charge on any atom is 0.238 e. The van der Waals surface area contributed by atoms with Crippen molar-refractivity contribution in [3.05, 3.63) is 101 Å². The number of para-hydroxylation sites is 1. The number of anilines is 2. The Kier molecular flexibility index (Phi) is 4.36. The SMILES string of the molecule is CC(=O)[C@@H]1[C@@H](C(=O)c2ccccc2)[C@]2(C(=O)Nc3ccccc32)[C@H]2C=Cc3cc(F)ccc3N12. The zero-order valence-electron chi connectivity index (χ0n) is 18.4. The molecule has 4 atom stereocenters. The number of nitrogens with one attached hydrogen (secondary N) is 1. The summed E-state index contributed by atoms with van der Waals surface area (Å²) in [5, 5.41) is 2.97. The Morgan fingerprint density at radius 2 is 1.74 bits per heavy atom. The number of carbonyl (C=O) groups is 3. The molecule has 5 nitrogen and oxygen atoms in total. The highest BCUT2D eigenvalue weighted by atomic mass is 19.1. The van der Waals surface area contributed by atoms with E-state index in [9.17, 15) is 18.8 Å². The van der Waals surface area contributed by atoms with Crippen molar-refractivity contribution in [2.45, 2.75) is 24.4 Å². The van der Waals surface area contributed by atoms with E-state index in [1.54, 1.807) is 36.4 Å². The maximum atomic E-state index is 14.1. The van der Waals surface area contributed by atoms with Gasteiger partial charge in [0, 0.05) is 22.5 Å². The average molecular weight is 452 g/mol. The summed E-state index contributed by atoms with van der Waals surface area (Å²) in [6, 6.07) is 19.0. The molecule has 168 valence electrons. The van der Waals surface area contributed by atoms with Crippen LogP contribution in [0.2, 0.25) is 0 Å². The molecule has 3 aromatic carbocycles. The highest BCUT2D eigenvalue weighted by Gasteiger charge is 2.69. The highest BCUT2D eigenvalue weighted by Crippen LogP contribution is 2.57. The predicted molar refractivity (Wildman–Crippen MR) is 127 cm³/mol. The van der Waals surface area contributed by atoms with Crippen LogP contribution in [0, 0.1) is 11.7 Å². The number of carbonyl (C=O) groups excluding carboxylic acids is 3. The molecule has 1 N–H and O–H groups in total. The lowest BCUT2D eigenvalue weighted by molar-refractivity contribution is -0.122. The first kappa shape index (κ1) is 20.5. The third-order valence-corrected chi connectivity index (χ3v) is 7.35. The van der Waals surface area contributed by atoms with Gasteiger partial charge >= 0.3 is 0 Å². The van der Waals surface area contributed by atoms with Gasteiger partial charge in [-0.15, -0.1) is 0 Å². The minimum absolute atomic E-state index is 0.223.